The van der Waals surface area contributed by atoms with Crippen LogP contribution in [0.3, 0.4) is 0 Å². The molecule has 23 heavy (non-hydrogen) atoms. The fraction of sp³-hybridized carbons (Fsp3) is 0.100. The second-order valence-corrected chi connectivity index (χ2v) is 6.11. The summed E-state index contributed by atoms with van der Waals surface area (Å²) >= 11 is 0. The molecule has 0 N–H and O–H groups in total. The van der Waals surface area contributed by atoms with E-state index in [-0.39, 0.29) is 13.8 Å². The minimum absolute atomic E-state index is 0.102. The van der Waals surface area contributed by atoms with Gasteiger partial charge in [0, 0.05) is 0 Å². The molecule has 4 rings (SSSR count). The van der Waals surface area contributed by atoms with Gasteiger partial charge < -0.3 is 4.57 Å². The molecule has 0 radical (unpaired) electrons. The van der Waals surface area contributed by atoms with Crippen molar-refractivity contribution in [3.8, 4) is 0 Å². The van der Waals surface area contributed by atoms with Crippen LogP contribution in [-0.4, -0.2) is 13.8 Å². The van der Waals surface area contributed by atoms with Gasteiger partial charge in [0.2, 0.25) is 0 Å². The third-order valence-electron chi connectivity index (χ3n) is 4.60. The zero-order valence-electron chi connectivity index (χ0n) is 13.1. The molecule has 0 unspecified atom stereocenters. The van der Waals surface area contributed by atoms with Gasteiger partial charge in [-0.25, -0.2) is 0 Å². The number of hydrogen-bond acceptors (Lipinski definition) is 1. The SMILES string of the molecule is c1ccc(B2Cc3ccccc3CB(c3ccccc3)O2)cc1. The van der Waals surface area contributed by atoms with Crippen LogP contribution in [0, 0.1) is 0 Å². The van der Waals surface area contributed by atoms with E-state index in [1.54, 1.807) is 0 Å². The molecule has 3 aromatic carbocycles. The van der Waals surface area contributed by atoms with Gasteiger partial charge in [0.25, 0.3) is 0 Å². The van der Waals surface area contributed by atoms with Crippen LogP contribution < -0.4 is 10.9 Å². The number of benzene rings is 3. The lowest BCUT2D eigenvalue weighted by molar-refractivity contribution is 0.607. The van der Waals surface area contributed by atoms with Crippen molar-refractivity contribution in [3.63, 3.8) is 0 Å². The lowest BCUT2D eigenvalue weighted by Crippen LogP contribution is -2.45. The first-order valence-electron chi connectivity index (χ1n) is 8.22. The molecule has 0 spiro atoms. The van der Waals surface area contributed by atoms with Crippen LogP contribution in [0.4, 0.5) is 0 Å². The first kappa shape index (κ1) is 14.3. The van der Waals surface area contributed by atoms with Crippen LogP contribution in [0.15, 0.2) is 84.9 Å². The lowest BCUT2D eigenvalue weighted by atomic mass is 9.51. The Balaban J connectivity index is 1.74. The third kappa shape index (κ3) is 3.11. The van der Waals surface area contributed by atoms with Crippen molar-refractivity contribution in [1.82, 2.24) is 0 Å². The summed E-state index contributed by atoms with van der Waals surface area (Å²) in [6.45, 7) is 0.204. The molecule has 110 valence electrons. The molecule has 0 saturated carbocycles. The summed E-state index contributed by atoms with van der Waals surface area (Å²) < 4.78 is 6.57. The number of fused-ring (bicyclic) bond motifs is 1. The van der Waals surface area contributed by atoms with Gasteiger partial charge in [0.05, 0.1) is 0 Å². The molecule has 0 aliphatic carbocycles. The third-order valence-corrected chi connectivity index (χ3v) is 4.60. The van der Waals surface area contributed by atoms with Crippen LogP contribution in [-0.2, 0) is 17.2 Å². The summed E-state index contributed by atoms with van der Waals surface area (Å²) in [6.07, 6.45) is 1.87. The molecule has 0 amide bonds. The molecule has 0 atom stereocenters. The zero-order chi connectivity index (χ0) is 15.5. The predicted octanol–water partition coefficient (Wildman–Crippen LogP) is 2.68. The van der Waals surface area contributed by atoms with Crippen molar-refractivity contribution in [1.29, 1.82) is 0 Å². The fourth-order valence-electron chi connectivity index (χ4n) is 3.38. The van der Waals surface area contributed by atoms with E-state index in [1.165, 1.54) is 22.1 Å². The van der Waals surface area contributed by atoms with E-state index in [4.69, 9.17) is 4.57 Å². The first-order chi connectivity index (χ1) is 11.4. The minimum atomic E-state index is 0.102. The average molecular weight is 296 g/mol. The molecule has 0 bridgehead atoms. The van der Waals surface area contributed by atoms with E-state index in [1.807, 2.05) is 0 Å². The van der Waals surface area contributed by atoms with Gasteiger partial charge in [0.1, 0.15) is 0 Å². The highest BCUT2D eigenvalue weighted by Crippen LogP contribution is 2.18. The number of rotatable bonds is 2. The maximum Gasteiger partial charge on any atom is 0.316 e. The Hall–Kier alpha value is -2.25. The normalized spacial score (nSPS) is 14.3. The van der Waals surface area contributed by atoms with E-state index >= 15 is 0 Å². The van der Waals surface area contributed by atoms with Crippen LogP contribution in [0.25, 0.3) is 0 Å². The monoisotopic (exact) mass is 296 g/mol. The largest absolute Gasteiger partial charge is 0.491 e. The second kappa shape index (κ2) is 6.47. The molecule has 3 aromatic rings. The van der Waals surface area contributed by atoms with Crippen molar-refractivity contribution in [3.05, 3.63) is 96.1 Å². The summed E-state index contributed by atoms with van der Waals surface area (Å²) in [6, 6.07) is 29.9. The smallest absolute Gasteiger partial charge is 0.316 e. The zero-order valence-corrected chi connectivity index (χ0v) is 13.1. The van der Waals surface area contributed by atoms with E-state index in [2.05, 4.69) is 84.9 Å². The van der Waals surface area contributed by atoms with Gasteiger partial charge in [-0.1, -0.05) is 84.9 Å². The van der Waals surface area contributed by atoms with Crippen molar-refractivity contribution in [2.24, 2.45) is 0 Å². The summed E-state index contributed by atoms with van der Waals surface area (Å²) in [5.41, 5.74) is 5.31. The molecule has 1 heterocycles. The minimum Gasteiger partial charge on any atom is -0.491 e. The van der Waals surface area contributed by atoms with E-state index in [9.17, 15) is 0 Å². The predicted molar refractivity (Wildman–Crippen MR) is 98.6 cm³/mol. The molecule has 0 saturated heterocycles. The van der Waals surface area contributed by atoms with Crippen molar-refractivity contribution < 1.29 is 4.57 Å². The van der Waals surface area contributed by atoms with Gasteiger partial charge in [0.15, 0.2) is 0 Å². The van der Waals surface area contributed by atoms with Crippen molar-refractivity contribution >= 4 is 24.8 Å². The topological polar surface area (TPSA) is 9.23 Å². The van der Waals surface area contributed by atoms with Crippen LogP contribution in [0.2, 0.25) is 0 Å². The van der Waals surface area contributed by atoms with Gasteiger partial charge in [-0.05, 0) is 34.7 Å². The molecular formula is C20H18B2O. The van der Waals surface area contributed by atoms with E-state index < -0.39 is 0 Å². The van der Waals surface area contributed by atoms with Crippen LogP contribution >= 0.6 is 0 Å². The standard InChI is InChI=1S/C20H18B2O/c1-3-11-19(12-4-1)21-15-17-9-7-8-10-18(17)16-22(23-21)20-13-5-2-6-14-20/h1-14H,15-16H2. The molecule has 1 aliphatic rings. The van der Waals surface area contributed by atoms with E-state index in [0.717, 1.165) is 12.6 Å². The maximum atomic E-state index is 6.57. The Morgan fingerprint density at radius 1 is 0.522 bits per heavy atom. The molecule has 0 aromatic heterocycles. The van der Waals surface area contributed by atoms with Gasteiger partial charge in [-0.2, -0.15) is 0 Å². The molecule has 3 heteroatoms. The average Bonchev–Trinajstić information content (AvgIpc) is 2.83. The second-order valence-electron chi connectivity index (χ2n) is 6.11. The maximum absolute atomic E-state index is 6.57. The van der Waals surface area contributed by atoms with E-state index in [0.29, 0.717) is 0 Å². The van der Waals surface area contributed by atoms with Gasteiger partial charge >= 0.3 is 13.8 Å². The summed E-state index contributed by atoms with van der Waals surface area (Å²) in [5, 5.41) is 0. The lowest BCUT2D eigenvalue weighted by Gasteiger charge is -2.18. The molecule has 0 fully saturated rings. The highest BCUT2D eigenvalue weighted by atomic mass is 16.4. The quantitative estimate of drug-likeness (QED) is 0.661. The van der Waals surface area contributed by atoms with Crippen LogP contribution in [0.5, 0.6) is 0 Å². The molecule has 1 aliphatic heterocycles. The summed E-state index contributed by atoms with van der Waals surface area (Å²) in [5.74, 6) is 0. The van der Waals surface area contributed by atoms with Crippen molar-refractivity contribution in [2.75, 3.05) is 0 Å². The Kier molecular flexibility index (Phi) is 4.04. The summed E-state index contributed by atoms with van der Waals surface area (Å²) in [4.78, 5) is 0. The highest BCUT2D eigenvalue weighted by molar-refractivity contribution is 6.80. The van der Waals surface area contributed by atoms with Gasteiger partial charge in [-0.3, -0.25) is 0 Å². The molecular weight excluding hydrogens is 278 g/mol. The fourth-order valence-corrected chi connectivity index (χ4v) is 3.38. The Labute approximate surface area is 138 Å². The molecule has 1 nitrogen and oxygen atoms in total. The van der Waals surface area contributed by atoms with Gasteiger partial charge in [-0.15, -0.1) is 0 Å². The van der Waals surface area contributed by atoms with Crippen LogP contribution in [0.1, 0.15) is 11.1 Å². The Bertz CT molecular complexity index is 707. The summed E-state index contributed by atoms with van der Waals surface area (Å²) in [7, 11) is 0. The Morgan fingerprint density at radius 2 is 0.913 bits per heavy atom. The Morgan fingerprint density at radius 3 is 1.35 bits per heavy atom. The number of hydrogen-bond donors (Lipinski definition) is 0. The van der Waals surface area contributed by atoms with Crippen molar-refractivity contribution in [2.45, 2.75) is 12.6 Å². The highest BCUT2D eigenvalue weighted by Gasteiger charge is 2.31. The first-order valence-corrected chi connectivity index (χ1v) is 8.22.